The third kappa shape index (κ3) is 2.59. The molecule has 0 bridgehead atoms. The molecule has 0 aromatic carbocycles. The highest BCUT2D eigenvalue weighted by Crippen LogP contribution is 2.36. The summed E-state index contributed by atoms with van der Waals surface area (Å²) in [6.45, 7) is 1.98. The summed E-state index contributed by atoms with van der Waals surface area (Å²) in [5.41, 5.74) is 0. The van der Waals surface area contributed by atoms with E-state index in [4.69, 9.17) is 5.11 Å². The quantitative estimate of drug-likeness (QED) is 0.745. The lowest BCUT2D eigenvalue weighted by Crippen LogP contribution is -2.04. The summed E-state index contributed by atoms with van der Waals surface area (Å²) in [4.78, 5) is 10.4. The van der Waals surface area contributed by atoms with Crippen LogP contribution in [0.3, 0.4) is 0 Å². The Morgan fingerprint density at radius 1 is 1.44 bits per heavy atom. The number of nitrogens with zero attached hydrogens (tertiary/aromatic N) is 3. The maximum atomic E-state index is 10.4. The van der Waals surface area contributed by atoms with Gasteiger partial charge in [0.1, 0.15) is 11.6 Å². The van der Waals surface area contributed by atoms with E-state index < -0.39 is 5.97 Å². The minimum Gasteiger partial charge on any atom is -0.481 e. The number of hydrogen-bond acceptors (Lipinski definition) is 3. The number of unbranched alkanes of at least 4 members (excludes halogenated alkanes) is 1. The number of rotatable bonds is 6. The van der Waals surface area contributed by atoms with Crippen molar-refractivity contribution in [3.63, 3.8) is 0 Å². The van der Waals surface area contributed by atoms with Crippen LogP contribution in [0.1, 0.15) is 49.8 Å². The van der Waals surface area contributed by atoms with Crippen LogP contribution in [0, 0.1) is 6.92 Å². The van der Waals surface area contributed by atoms with Crippen molar-refractivity contribution in [3.05, 3.63) is 11.6 Å². The summed E-state index contributed by atoms with van der Waals surface area (Å²) in [7, 11) is 0. The number of carboxylic acid groups (broad SMARTS) is 1. The number of aryl methyl sites for hydroxylation is 2. The Morgan fingerprint density at radius 3 is 2.81 bits per heavy atom. The average molecular weight is 223 g/mol. The highest BCUT2D eigenvalue weighted by atomic mass is 16.4. The van der Waals surface area contributed by atoms with Gasteiger partial charge < -0.3 is 9.67 Å². The highest BCUT2D eigenvalue weighted by molar-refractivity contribution is 5.66. The van der Waals surface area contributed by atoms with E-state index in [0.29, 0.717) is 12.5 Å². The Hall–Kier alpha value is -1.39. The first-order valence-corrected chi connectivity index (χ1v) is 5.80. The molecule has 2 rings (SSSR count). The number of hydrogen-bond donors (Lipinski definition) is 1. The first kappa shape index (κ1) is 11.1. The Kier molecular flexibility index (Phi) is 3.22. The normalized spacial score (nSPS) is 15.3. The molecule has 1 heterocycles. The molecule has 1 N–H and O–H groups in total. The first-order chi connectivity index (χ1) is 7.68. The topological polar surface area (TPSA) is 68.0 Å². The number of carbonyl (C=O) groups is 1. The lowest BCUT2D eigenvalue weighted by atomic mass is 10.2. The summed E-state index contributed by atoms with van der Waals surface area (Å²) < 4.78 is 2.21. The van der Waals surface area contributed by atoms with E-state index in [1.165, 1.54) is 12.8 Å². The molecule has 1 aromatic rings. The van der Waals surface area contributed by atoms with E-state index >= 15 is 0 Å². The van der Waals surface area contributed by atoms with Gasteiger partial charge in [0.2, 0.25) is 0 Å². The molecule has 1 aliphatic rings. The summed E-state index contributed by atoms with van der Waals surface area (Å²) in [5.74, 6) is 1.28. The van der Waals surface area contributed by atoms with Crippen LogP contribution in [-0.4, -0.2) is 25.8 Å². The summed E-state index contributed by atoms with van der Waals surface area (Å²) in [5, 5.41) is 16.8. The second-order valence-electron chi connectivity index (χ2n) is 4.37. The van der Waals surface area contributed by atoms with Gasteiger partial charge in [-0.2, -0.15) is 0 Å². The third-order valence-corrected chi connectivity index (χ3v) is 2.89. The molecule has 1 saturated carbocycles. The van der Waals surface area contributed by atoms with Crippen LogP contribution in [0.5, 0.6) is 0 Å². The first-order valence-electron chi connectivity index (χ1n) is 5.80. The van der Waals surface area contributed by atoms with Crippen molar-refractivity contribution in [3.8, 4) is 0 Å². The van der Waals surface area contributed by atoms with Crippen molar-refractivity contribution in [2.45, 2.75) is 51.5 Å². The molecule has 5 nitrogen and oxygen atoms in total. The Balaban J connectivity index is 1.86. The van der Waals surface area contributed by atoms with Crippen molar-refractivity contribution < 1.29 is 9.90 Å². The predicted octanol–water partition coefficient (Wildman–Crippen LogP) is 1.72. The molecular weight excluding hydrogens is 206 g/mol. The molecule has 5 heteroatoms. The second-order valence-corrected chi connectivity index (χ2v) is 4.37. The van der Waals surface area contributed by atoms with E-state index in [9.17, 15) is 4.79 Å². The van der Waals surface area contributed by atoms with E-state index in [2.05, 4.69) is 14.8 Å². The monoisotopic (exact) mass is 223 g/mol. The van der Waals surface area contributed by atoms with Crippen LogP contribution < -0.4 is 0 Å². The number of aromatic nitrogens is 3. The van der Waals surface area contributed by atoms with Gasteiger partial charge in [0.15, 0.2) is 0 Å². The molecule has 0 atom stereocenters. The van der Waals surface area contributed by atoms with Crippen molar-refractivity contribution in [1.29, 1.82) is 0 Å². The zero-order valence-corrected chi connectivity index (χ0v) is 9.52. The number of aliphatic carboxylic acids is 1. The van der Waals surface area contributed by atoms with Crippen LogP contribution in [0.25, 0.3) is 0 Å². The van der Waals surface area contributed by atoms with Crippen LogP contribution in [0.2, 0.25) is 0 Å². The van der Waals surface area contributed by atoms with Gasteiger partial charge in [-0.25, -0.2) is 0 Å². The fraction of sp³-hybridized carbons (Fsp3) is 0.727. The molecule has 0 radical (unpaired) electrons. The Morgan fingerprint density at radius 2 is 2.19 bits per heavy atom. The maximum absolute atomic E-state index is 10.4. The lowest BCUT2D eigenvalue weighted by molar-refractivity contribution is -0.137. The smallest absolute Gasteiger partial charge is 0.303 e. The van der Waals surface area contributed by atoms with Crippen LogP contribution in [0.4, 0.5) is 0 Å². The minimum atomic E-state index is -0.722. The molecule has 88 valence electrons. The molecule has 1 fully saturated rings. The fourth-order valence-corrected chi connectivity index (χ4v) is 1.95. The van der Waals surface area contributed by atoms with Gasteiger partial charge in [-0.15, -0.1) is 10.2 Å². The Labute approximate surface area is 94.5 Å². The van der Waals surface area contributed by atoms with Gasteiger partial charge in [0, 0.05) is 18.9 Å². The second kappa shape index (κ2) is 4.63. The lowest BCUT2D eigenvalue weighted by Gasteiger charge is -2.05. The van der Waals surface area contributed by atoms with Gasteiger partial charge in [-0.3, -0.25) is 4.79 Å². The molecule has 0 saturated heterocycles. The van der Waals surface area contributed by atoms with Crippen molar-refractivity contribution in [1.82, 2.24) is 14.8 Å². The third-order valence-electron chi connectivity index (χ3n) is 2.89. The standard InChI is InChI=1S/C11H17N3O2/c1-8-12-13-10(14(8)9-6-7-9)4-2-3-5-11(15)16/h9H,2-7H2,1H3,(H,15,16). The molecule has 16 heavy (non-hydrogen) atoms. The van der Waals surface area contributed by atoms with Gasteiger partial charge in [0.05, 0.1) is 0 Å². The maximum Gasteiger partial charge on any atom is 0.303 e. The van der Waals surface area contributed by atoms with E-state index in [-0.39, 0.29) is 6.42 Å². The van der Waals surface area contributed by atoms with Crippen LogP contribution in [-0.2, 0) is 11.2 Å². The number of carboxylic acids is 1. The zero-order valence-electron chi connectivity index (χ0n) is 9.52. The Bertz CT molecular complexity index is 383. The van der Waals surface area contributed by atoms with Crippen LogP contribution in [0.15, 0.2) is 0 Å². The van der Waals surface area contributed by atoms with E-state index in [0.717, 1.165) is 24.5 Å². The zero-order chi connectivity index (χ0) is 11.5. The summed E-state index contributed by atoms with van der Waals surface area (Å²) >= 11 is 0. The van der Waals surface area contributed by atoms with Crippen molar-refractivity contribution in [2.24, 2.45) is 0 Å². The summed E-state index contributed by atoms with van der Waals surface area (Å²) in [6, 6.07) is 0.601. The molecule has 0 spiro atoms. The van der Waals surface area contributed by atoms with Gasteiger partial charge >= 0.3 is 5.97 Å². The van der Waals surface area contributed by atoms with E-state index in [1.807, 2.05) is 6.92 Å². The van der Waals surface area contributed by atoms with Crippen LogP contribution >= 0.6 is 0 Å². The average Bonchev–Trinajstić information content (AvgIpc) is 2.99. The minimum absolute atomic E-state index is 0.247. The molecule has 0 amide bonds. The fourth-order valence-electron chi connectivity index (χ4n) is 1.95. The molecule has 1 aliphatic carbocycles. The predicted molar refractivity (Wildman–Crippen MR) is 58.2 cm³/mol. The van der Waals surface area contributed by atoms with Crippen molar-refractivity contribution in [2.75, 3.05) is 0 Å². The highest BCUT2D eigenvalue weighted by Gasteiger charge is 2.27. The van der Waals surface area contributed by atoms with Gasteiger partial charge in [-0.05, 0) is 32.6 Å². The largest absolute Gasteiger partial charge is 0.481 e. The SMILES string of the molecule is Cc1nnc(CCCCC(=O)O)n1C1CC1. The molecule has 1 aromatic heterocycles. The van der Waals surface area contributed by atoms with Gasteiger partial charge in [-0.1, -0.05) is 0 Å². The summed E-state index contributed by atoms with van der Waals surface area (Å²) in [6.07, 6.45) is 5.12. The molecule has 0 unspecified atom stereocenters. The van der Waals surface area contributed by atoms with E-state index in [1.54, 1.807) is 0 Å². The molecule has 0 aliphatic heterocycles. The van der Waals surface area contributed by atoms with Crippen molar-refractivity contribution >= 4 is 5.97 Å². The molecular formula is C11H17N3O2. The van der Waals surface area contributed by atoms with Gasteiger partial charge in [0.25, 0.3) is 0 Å².